The highest BCUT2D eigenvalue weighted by atomic mass is 32.2. The Hall–Kier alpha value is -3.13. The number of Topliss-reactive ketones (excluding diaryl/α,β-unsaturated/α-hetero) is 2. The number of hydrogen-bond acceptors (Lipinski definition) is 7. The van der Waals surface area contributed by atoms with Crippen LogP contribution >= 0.6 is 0 Å². The normalized spacial score (nSPS) is 21.8. The van der Waals surface area contributed by atoms with Crippen LogP contribution in [0.5, 0.6) is 0 Å². The van der Waals surface area contributed by atoms with Crippen LogP contribution in [0, 0.1) is 0 Å². The zero-order chi connectivity index (χ0) is 22.3. The molecule has 1 atom stereocenters. The zero-order valence-corrected chi connectivity index (χ0v) is 14.9. The first-order chi connectivity index (χ1) is 13.9. The number of carbonyl (C=O) groups excluding carboxylic acids is 2. The maximum atomic E-state index is 12.8. The average molecular weight is 390 g/mol. The Labute approximate surface area is 160 Å². The van der Waals surface area contributed by atoms with Gasteiger partial charge in [0.1, 0.15) is 5.70 Å². The number of ether oxygens (including phenoxy) is 1. The third-order valence-corrected chi connectivity index (χ3v) is 4.48. The van der Waals surface area contributed by atoms with Crippen LogP contribution in [0.1, 0.15) is 38.6 Å². The van der Waals surface area contributed by atoms with Gasteiger partial charge < -0.3 is 14.7 Å². The summed E-state index contributed by atoms with van der Waals surface area (Å²) in [5.74, 6) is -3.20. The molecule has 8 heteroatoms. The monoisotopic (exact) mass is 390 g/mol. The summed E-state index contributed by atoms with van der Waals surface area (Å²) in [5.41, 5.74) is 2.71. The molecule has 0 aromatic heterocycles. The summed E-state index contributed by atoms with van der Waals surface area (Å²) in [6.07, 6.45) is -2.44. The Morgan fingerprint density at radius 1 is 1.22 bits per heavy atom. The quantitative estimate of drug-likeness (QED) is 0.594. The predicted octanol–water partition coefficient (Wildman–Crippen LogP) is 2.20. The Morgan fingerprint density at radius 3 is 2.44 bits per heavy atom. The van der Waals surface area contributed by atoms with Gasteiger partial charge in [0.05, 0.1) is 4.11 Å². The van der Waals surface area contributed by atoms with Crippen molar-refractivity contribution in [2.24, 2.45) is 5.73 Å². The molecule has 1 heterocycles. The van der Waals surface area contributed by atoms with Crippen LogP contribution in [0.4, 0.5) is 0 Å². The van der Waals surface area contributed by atoms with Gasteiger partial charge in [-0.05, 0) is 12.5 Å². The zero-order valence-electron chi connectivity index (χ0n) is 17.1. The lowest BCUT2D eigenvalue weighted by molar-refractivity contribution is -0.123. The lowest BCUT2D eigenvalue weighted by Crippen LogP contribution is -2.16. The Morgan fingerprint density at radius 2 is 1.85 bits per heavy atom. The number of nitrogens with two attached hydrogens (primary N) is 1. The van der Waals surface area contributed by atoms with E-state index >= 15 is 0 Å². The molecule has 2 aromatic carbocycles. The van der Waals surface area contributed by atoms with Crippen molar-refractivity contribution < 1.29 is 31.0 Å². The van der Waals surface area contributed by atoms with Gasteiger partial charge in [0.15, 0.2) is 11.9 Å². The first-order valence-electron chi connectivity index (χ1n) is 9.25. The van der Waals surface area contributed by atoms with E-state index in [2.05, 4.69) is 0 Å². The van der Waals surface area contributed by atoms with Crippen molar-refractivity contribution in [3.05, 3.63) is 82.9 Å². The van der Waals surface area contributed by atoms with E-state index in [-0.39, 0.29) is 16.9 Å². The van der Waals surface area contributed by atoms with Gasteiger partial charge in [-0.1, -0.05) is 54.6 Å². The number of rotatable bonds is 6. The van der Waals surface area contributed by atoms with Crippen molar-refractivity contribution in [2.75, 3.05) is 0 Å². The van der Waals surface area contributed by atoms with E-state index in [1.165, 1.54) is 55.5 Å². The van der Waals surface area contributed by atoms with E-state index in [9.17, 15) is 18.0 Å². The van der Waals surface area contributed by atoms with Gasteiger partial charge >= 0.3 is 10.1 Å². The summed E-state index contributed by atoms with van der Waals surface area (Å²) in [4.78, 5) is 24.2. The molecule has 0 spiro atoms. The first kappa shape index (κ1) is 15.0. The van der Waals surface area contributed by atoms with Gasteiger partial charge in [-0.2, -0.15) is 8.42 Å². The molecule has 0 saturated heterocycles. The number of carbonyl (C=O) groups is 2. The minimum Gasteiger partial charge on any atom is -0.460 e. The topological polar surface area (TPSA) is 113 Å². The number of ketones is 2. The molecule has 3 rings (SSSR count). The summed E-state index contributed by atoms with van der Waals surface area (Å²) in [5, 5.41) is 0. The molecule has 2 N–H and O–H groups in total. The van der Waals surface area contributed by atoms with E-state index in [0.29, 0.717) is 5.56 Å². The molecular weight excluding hydrogens is 370 g/mol. The fourth-order valence-corrected chi connectivity index (χ4v) is 3.17. The molecule has 27 heavy (non-hydrogen) atoms. The summed E-state index contributed by atoms with van der Waals surface area (Å²) in [7, 11) is -5.05. The second-order valence-electron chi connectivity index (χ2n) is 5.59. The molecule has 0 aliphatic carbocycles. The van der Waals surface area contributed by atoms with Gasteiger partial charge in [-0.25, -0.2) is 0 Å². The first-order valence-corrected chi connectivity index (χ1v) is 9.15. The second-order valence-corrected chi connectivity index (χ2v) is 6.87. The standard InChI is InChI=1S/C19H17NO6S/c1-12(21)14-7-9-15(10-8-14)17-16(22)18(19(20)25-17)26-27(23,24)11-13-5-3-2-4-6-13/h2-10,17H,11,20H2,1H3/t17-/m1/s1/i11D2,17D. The minimum atomic E-state index is -5.05. The lowest BCUT2D eigenvalue weighted by atomic mass is 10.0. The Bertz CT molecular complexity index is 1150. The summed E-state index contributed by atoms with van der Waals surface area (Å²) >= 11 is 0. The largest absolute Gasteiger partial charge is 0.460 e. The molecule has 0 unspecified atom stereocenters. The molecular formula is C19H17NO6S. The lowest BCUT2D eigenvalue weighted by Gasteiger charge is -2.10. The third kappa shape index (κ3) is 4.17. The molecule has 0 radical (unpaired) electrons. The van der Waals surface area contributed by atoms with Crippen LogP contribution in [0.25, 0.3) is 0 Å². The Kier molecular flexibility index (Phi) is 4.02. The van der Waals surface area contributed by atoms with Crippen molar-refractivity contribution >= 4 is 21.7 Å². The summed E-state index contributed by atoms with van der Waals surface area (Å²) < 4.78 is 59.2. The van der Waals surface area contributed by atoms with Crippen LogP contribution in [-0.4, -0.2) is 20.0 Å². The summed E-state index contributed by atoms with van der Waals surface area (Å²) in [6.45, 7) is 1.35. The molecule has 140 valence electrons. The highest BCUT2D eigenvalue weighted by Gasteiger charge is 2.39. The SMILES string of the molecule is [2H]C([2H])(c1ccccc1)S(=O)(=O)OC1=C(N)O[C@]([2H])(c2ccc(C(C)=O)cc2)C1=O. The summed E-state index contributed by atoms with van der Waals surface area (Å²) in [6, 6.07) is 12.3. The molecule has 2 aromatic rings. The van der Waals surface area contributed by atoms with Crippen LogP contribution < -0.4 is 5.73 Å². The van der Waals surface area contributed by atoms with Gasteiger partial charge in [0, 0.05) is 11.1 Å². The van der Waals surface area contributed by atoms with E-state index in [4.69, 9.17) is 18.8 Å². The van der Waals surface area contributed by atoms with Crippen LogP contribution in [-0.2, 0) is 29.5 Å². The number of benzene rings is 2. The molecule has 7 nitrogen and oxygen atoms in total. The maximum absolute atomic E-state index is 12.8. The van der Waals surface area contributed by atoms with Gasteiger partial charge in [0.2, 0.25) is 17.4 Å². The maximum Gasteiger partial charge on any atom is 0.313 e. The van der Waals surface area contributed by atoms with Crippen molar-refractivity contribution in [3.63, 3.8) is 0 Å². The molecule has 0 amide bonds. The highest BCUT2D eigenvalue weighted by Crippen LogP contribution is 2.32. The van der Waals surface area contributed by atoms with Crippen molar-refractivity contribution in [1.82, 2.24) is 0 Å². The smallest absolute Gasteiger partial charge is 0.313 e. The highest BCUT2D eigenvalue weighted by molar-refractivity contribution is 7.86. The number of hydrogen-bond donors (Lipinski definition) is 1. The van der Waals surface area contributed by atoms with E-state index < -0.39 is 39.3 Å². The van der Waals surface area contributed by atoms with E-state index in [1.54, 1.807) is 6.07 Å². The minimum absolute atomic E-state index is 0.0116. The molecule has 1 aliphatic heterocycles. The second kappa shape index (κ2) is 7.24. The van der Waals surface area contributed by atoms with Crippen molar-refractivity contribution in [2.45, 2.75) is 18.7 Å². The van der Waals surface area contributed by atoms with Gasteiger partial charge in [-0.15, -0.1) is 0 Å². The third-order valence-electron chi connectivity index (χ3n) is 3.61. The fraction of sp³-hybridized carbons (Fsp3) is 0.158. The molecule has 0 saturated carbocycles. The molecule has 0 fully saturated rings. The molecule has 1 aliphatic rings. The van der Waals surface area contributed by atoms with Crippen LogP contribution in [0.2, 0.25) is 0 Å². The predicted molar refractivity (Wildman–Crippen MR) is 96.6 cm³/mol. The van der Waals surface area contributed by atoms with Gasteiger partial charge in [-0.3, -0.25) is 9.59 Å². The van der Waals surface area contributed by atoms with Gasteiger partial charge in [0.25, 0.3) is 0 Å². The van der Waals surface area contributed by atoms with E-state index in [0.717, 1.165) is 0 Å². The Balaban J connectivity index is 1.91. The van der Waals surface area contributed by atoms with E-state index in [1.807, 2.05) is 0 Å². The fourth-order valence-electron chi connectivity index (χ4n) is 2.32. The molecule has 0 bridgehead atoms. The van der Waals surface area contributed by atoms with Crippen molar-refractivity contribution in [1.29, 1.82) is 0 Å². The van der Waals surface area contributed by atoms with Crippen LogP contribution in [0.15, 0.2) is 66.2 Å². The van der Waals surface area contributed by atoms with Crippen LogP contribution in [0.3, 0.4) is 0 Å². The average Bonchev–Trinajstić information content (AvgIpc) is 2.92. The van der Waals surface area contributed by atoms with Crippen molar-refractivity contribution in [3.8, 4) is 0 Å².